The van der Waals surface area contributed by atoms with Crippen molar-refractivity contribution in [1.82, 2.24) is 0 Å². The summed E-state index contributed by atoms with van der Waals surface area (Å²) in [5.41, 5.74) is -1.46. The number of piperidine rings is 1. The van der Waals surface area contributed by atoms with Gasteiger partial charge in [-0.05, 0) is 20.8 Å². The molecule has 0 aromatic heterocycles. The second-order valence-electron chi connectivity index (χ2n) is 11.6. The van der Waals surface area contributed by atoms with Crippen LogP contribution in [-0.2, 0) is 24.6 Å². The van der Waals surface area contributed by atoms with Gasteiger partial charge in [-0.25, -0.2) is 9.59 Å². The predicted molar refractivity (Wildman–Crippen MR) is 136 cm³/mol. The number of hydrogen-bond acceptors (Lipinski definition) is 5. The minimum absolute atomic E-state index is 0. The van der Waals surface area contributed by atoms with Gasteiger partial charge in [-0.3, -0.25) is 0 Å². The Bertz CT molecular complexity index is 1020. The molecule has 2 bridgehead atoms. The Morgan fingerprint density at radius 1 is 0.784 bits per heavy atom. The van der Waals surface area contributed by atoms with Crippen molar-refractivity contribution in [2.75, 3.05) is 13.1 Å². The Morgan fingerprint density at radius 3 is 1.73 bits per heavy atom. The van der Waals surface area contributed by atoms with E-state index in [1.54, 1.807) is 45.0 Å². The molecule has 0 radical (unpaired) electrons. The van der Waals surface area contributed by atoms with Crippen LogP contribution in [0.2, 0.25) is 0 Å². The molecule has 6 nitrogen and oxygen atoms in total. The van der Waals surface area contributed by atoms with Crippen LogP contribution in [0, 0.1) is 0 Å². The van der Waals surface area contributed by atoms with Crippen molar-refractivity contribution in [3.63, 3.8) is 0 Å². The molecule has 3 saturated heterocycles. The van der Waals surface area contributed by atoms with Crippen LogP contribution in [0.25, 0.3) is 0 Å². The smallest absolute Gasteiger partial charge is 0.510 e. The van der Waals surface area contributed by atoms with Gasteiger partial charge in [0, 0.05) is 49.7 Å². The fraction of sp³-hybridized carbons (Fsp3) is 0.533. The first-order valence-corrected chi connectivity index (χ1v) is 13.3. The number of carbonyl (C=O) groups is 2. The number of ether oxygens (including phenoxy) is 3. The number of benzene rings is 2. The molecule has 3 heterocycles. The molecule has 2 aromatic carbocycles. The van der Waals surface area contributed by atoms with Crippen LogP contribution in [0.5, 0.6) is 0 Å². The van der Waals surface area contributed by atoms with Crippen LogP contribution in [0.1, 0.15) is 70.4 Å². The summed E-state index contributed by atoms with van der Waals surface area (Å²) in [5, 5.41) is 0. The predicted octanol–water partition coefficient (Wildman–Crippen LogP) is 2.73. The summed E-state index contributed by atoms with van der Waals surface area (Å²) < 4.78 is 19.1. The lowest BCUT2D eigenvalue weighted by atomic mass is 9.85. The van der Waals surface area contributed by atoms with Gasteiger partial charge in [0.25, 0.3) is 5.60 Å². The largest absolute Gasteiger partial charge is 1.00 e. The molecular weight excluding hydrogens is 490 g/mol. The number of quaternary nitrogens is 1. The van der Waals surface area contributed by atoms with E-state index in [0.29, 0.717) is 23.2 Å². The number of rotatable bonds is 5. The quantitative estimate of drug-likeness (QED) is 0.442. The maximum atomic E-state index is 14.2. The lowest BCUT2D eigenvalue weighted by molar-refractivity contribution is -0.956. The van der Waals surface area contributed by atoms with Crippen molar-refractivity contribution in [2.24, 2.45) is 0 Å². The maximum Gasteiger partial charge on any atom is 0.510 e. The zero-order valence-electron chi connectivity index (χ0n) is 22.0. The van der Waals surface area contributed by atoms with Crippen LogP contribution < -0.4 is 12.4 Å². The minimum Gasteiger partial charge on any atom is -1.00 e. The van der Waals surface area contributed by atoms with E-state index in [2.05, 4.69) is 0 Å². The molecular formula is C30H38ClNO5. The van der Waals surface area contributed by atoms with E-state index in [1.807, 2.05) is 36.4 Å². The molecule has 3 aliphatic rings. The van der Waals surface area contributed by atoms with Gasteiger partial charge in [-0.15, -0.1) is 0 Å². The van der Waals surface area contributed by atoms with Crippen LogP contribution in [0.4, 0.5) is 4.79 Å². The third kappa shape index (κ3) is 5.23. The van der Waals surface area contributed by atoms with Gasteiger partial charge < -0.3 is 31.1 Å². The monoisotopic (exact) mass is 527 g/mol. The first-order chi connectivity index (χ1) is 17.2. The Balaban J connectivity index is 0.00000320. The number of hydrogen-bond donors (Lipinski definition) is 0. The molecule has 3 fully saturated rings. The third-order valence-corrected chi connectivity index (χ3v) is 8.30. The molecule has 0 aliphatic carbocycles. The first kappa shape index (κ1) is 27.5. The van der Waals surface area contributed by atoms with E-state index < -0.39 is 23.3 Å². The molecule has 0 amide bonds. The van der Waals surface area contributed by atoms with E-state index >= 15 is 0 Å². The SMILES string of the molecule is CC(C)(C)OC(=O)OC(C(=O)OC1CC2CCC(C1)[N+]21CCCC1)(c1ccccc1)c1ccccc1.[Cl-]. The zero-order chi connectivity index (χ0) is 25.4. The second kappa shape index (κ2) is 10.7. The summed E-state index contributed by atoms with van der Waals surface area (Å²) in [6.45, 7) is 7.84. The van der Waals surface area contributed by atoms with E-state index in [0.717, 1.165) is 12.8 Å². The number of carbonyl (C=O) groups excluding carboxylic acids is 2. The van der Waals surface area contributed by atoms with Gasteiger partial charge in [0.05, 0.1) is 25.2 Å². The highest BCUT2D eigenvalue weighted by atomic mass is 35.5. The summed E-state index contributed by atoms with van der Waals surface area (Å²) in [6, 6.07) is 19.4. The van der Waals surface area contributed by atoms with Crippen molar-refractivity contribution in [3.8, 4) is 0 Å². The highest BCUT2D eigenvalue weighted by Gasteiger charge is 2.57. The van der Waals surface area contributed by atoms with E-state index in [-0.39, 0.29) is 18.5 Å². The molecule has 7 heteroatoms. The van der Waals surface area contributed by atoms with Crippen LogP contribution in [0.15, 0.2) is 60.7 Å². The van der Waals surface area contributed by atoms with Crippen LogP contribution in [0.3, 0.4) is 0 Å². The Labute approximate surface area is 226 Å². The lowest BCUT2D eigenvalue weighted by Gasteiger charge is -2.47. The van der Waals surface area contributed by atoms with E-state index in [9.17, 15) is 9.59 Å². The lowest BCUT2D eigenvalue weighted by Crippen LogP contribution is -3.00. The van der Waals surface area contributed by atoms with Gasteiger partial charge in [0.2, 0.25) is 0 Å². The van der Waals surface area contributed by atoms with Crippen LogP contribution in [-0.4, -0.2) is 53.5 Å². The van der Waals surface area contributed by atoms with E-state index in [4.69, 9.17) is 14.2 Å². The van der Waals surface area contributed by atoms with Crippen molar-refractivity contribution in [2.45, 2.75) is 88.7 Å². The molecule has 200 valence electrons. The molecule has 0 saturated carbocycles. The zero-order valence-corrected chi connectivity index (χ0v) is 22.8. The molecule has 1 spiro atoms. The summed E-state index contributed by atoms with van der Waals surface area (Å²) in [4.78, 5) is 27.3. The van der Waals surface area contributed by atoms with E-state index in [1.165, 1.54) is 43.3 Å². The highest BCUT2D eigenvalue weighted by molar-refractivity contribution is 5.88. The normalized spacial score (nSPS) is 24.2. The Morgan fingerprint density at radius 2 is 1.27 bits per heavy atom. The van der Waals surface area contributed by atoms with Gasteiger partial charge in [0.1, 0.15) is 11.7 Å². The summed E-state index contributed by atoms with van der Waals surface area (Å²) in [6.07, 6.45) is 5.65. The van der Waals surface area contributed by atoms with Crippen molar-refractivity contribution in [1.29, 1.82) is 0 Å². The maximum absolute atomic E-state index is 14.2. The number of esters is 1. The molecule has 3 aliphatic heterocycles. The topological polar surface area (TPSA) is 61.8 Å². The van der Waals surface area contributed by atoms with Crippen LogP contribution >= 0.6 is 0 Å². The fourth-order valence-electron chi connectivity index (χ4n) is 6.84. The van der Waals surface area contributed by atoms with Gasteiger partial charge in [-0.2, -0.15) is 0 Å². The summed E-state index contributed by atoms with van der Waals surface area (Å²) >= 11 is 0. The van der Waals surface area contributed by atoms with Gasteiger partial charge in [-0.1, -0.05) is 60.7 Å². The number of halogens is 1. The average molecular weight is 528 g/mol. The van der Waals surface area contributed by atoms with Gasteiger partial charge >= 0.3 is 12.1 Å². The standard InChI is InChI=1S/C30H38NO5.ClH/c1-29(2,3)35-28(33)36-30(22-12-6-4-7-13-22,23-14-8-5-9-15-23)27(32)34-26-20-24-16-17-25(21-26)31(24)18-10-11-19-31;/h4-9,12-15,24-26H,10-11,16-21H2,1-3H3;1H/q+1;/p-1. The second-order valence-corrected chi connectivity index (χ2v) is 11.6. The Kier molecular flexibility index (Phi) is 7.91. The van der Waals surface area contributed by atoms with Crippen molar-refractivity contribution in [3.05, 3.63) is 71.8 Å². The molecule has 37 heavy (non-hydrogen) atoms. The minimum atomic E-state index is -1.76. The Hall–Kier alpha value is -2.57. The highest BCUT2D eigenvalue weighted by Crippen LogP contribution is 2.47. The van der Waals surface area contributed by atoms with Gasteiger partial charge in [0.15, 0.2) is 0 Å². The fourth-order valence-corrected chi connectivity index (χ4v) is 6.84. The molecule has 2 aromatic rings. The summed E-state index contributed by atoms with van der Waals surface area (Å²) in [5.74, 6) is -0.565. The summed E-state index contributed by atoms with van der Waals surface area (Å²) in [7, 11) is 0. The molecule has 2 unspecified atom stereocenters. The van der Waals surface area contributed by atoms with Crippen molar-refractivity contribution < 1.29 is 40.7 Å². The van der Waals surface area contributed by atoms with Crippen molar-refractivity contribution >= 4 is 12.1 Å². The molecule has 5 rings (SSSR count). The first-order valence-electron chi connectivity index (χ1n) is 13.3. The molecule has 2 atom stereocenters. The number of nitrogens with zero attached hydrogens (tertiary/aromatic N) is 1. The third-order valence-electron chi connectivity index (χ3n) is 8.30. The average Bonchev–Trinajstić information content (AvgIpc) is 3.39. The molecule has 0 N–H and O–H groups in total.